The maximum atomic E-state index is 5.86. The lowest BCUT2D eigenvalue weighted by Gasteiger charge is -2.12. The second-order valence-electron chi connectivity index (χ2n) is 4.92. The second-order valence-corrected chi connectivity index (χ2v) is 4.92. The van der Waals surface area contributed by atoms with Crippen molar-refractivity contribution in [3.8, 4) is 0 Å². The molecule has 2 nitrogen and oxygen atoms in total. The van der Waals surface area contributed by atoms with Crippen LogP contribution in [0.2, 0.25) is 0 Å². The largest absolute Gasteiger partial charge is 0.456 e. The molecule has 1 radical (unpaired) electrons. The van der Waals surface area contributed by atoms with Crippen molar-refractivity contribution in [3.05, 3.63) is 54.1 Å². The number of fused-ring (bicyclic) bond motifs is 3. The van der Waals surface area contributed by atoms with E-state index in [-0.39, 0.29) is 0 Å². The van der Waals surface area contributed by atoms with Gasteiger partial charge in [0.05, 0.1) is 0 Å². The summed E-state index contributed by atoms with van der Waals surface area (Å²) >= 11 is 0. The first-order valence-electron chi connectivity index (χ1n) is 6.66. The van der Waals surface area contributed by atoms with Crippen LogP contribution in [-0.2, 0) is 0 Å². The molecule has 0 aliphatic carbocycles. The average Bonchev–Trinajstić information content (AvgIpc) is 2.86. The number of para-hydroxylation sites is 1. The molecule has 19 heavy (non-hydrogen) atoms. The molecule has 0 atom stereocenters. The lowest BCUT2D eigenvalue weighted by atomic mass is 9.98. The van der Waals surface area contributed by atoms with E-state index in [0.717, 1.165) is 30.7 Å². The fourth-order valence-electron chi connectivity index (χ4n) is 2.76. The molecule has 2 heteroatoms. The molecule has 0 saturated carbocycles. The standard InChI is InChI=1S/C17H14NO/c1-2-4-16-14(3-1)15-11-13(5-6-17(15)19-16)12-7-9-18-10-8-12/h1-7,11H,8-10H2. The van der Waals surface area contributed by atoms with Crippen LogP contribution in [0.4, 0.5) is 0 Å². The van der Waals surface area contributed by atoms with Crippen LogP contribution in [0.25, 0.3) is 27.5 Å². The summed E-state index contributed by atoms with van der Waals surface area (Å²) in [5, 5.41) is 6.76. The molecular formula is C17H14NO. The minimum Gasteiger partial charge on any atom is -0.456 e. The topological polar surface area (TPSA) is 27.2 Å². The number of hydrogen-bond donors (Lipinski definition) is 0. The van der Waals surface area contributed by atoms with E-state index in [1.807, 2.05) is 12.1 Å². The molecule has 0 N–H and O–H groups in total. The van der Waals surface area contributed by atoms with Crippen LogP contribution in [0.5, 0.6) is 0 Å². The molecule has 2 aromatic carbocycles. The highest BCUT2D eigenvalue weighted by Crippen LogP contribution is 2.31. The smallest absolute Gasteiger partial charge is 0.135 e. The van der Waals surface area contributed by atoms with Gasteiger partial charge in [0.25, 0.3) is 0 Å². The van der Waals surface area contributed by atoms with Crippen molar-refractivity contribution >= 4 is 27.5 Å². The summed E-state index contributed by atoms with van der Waals surface area (Å²) in [7, 11) is 0. The van der Waals surface area contributed by atoms with Crippen LogP contribution in [-0.4, -0.2) is 13.1 Å². The Kier molecular flexibility index (Phi) is 2.42. The second kappa shape index (κ2) is 4.25. The first-order chi connectivity index (χ1) is 9.42. The van der Waals surface area contributed by atoms with Gasteiger partial charge in [0.15, 0.2) is 0 Å². The third-order valence-corrected chi connectivity index (χ3v) is 3.75. The Morgan fingerprint density at radius 3 is 2.74 bits per heavy atom. The predicted molar refractivity (Wildman–Crippen MR) is 78.2 cm³/mol. The van der Waals surface area contributed by atoms with Gasteiger partial charge in [0, 0.05) is 23.9 Å². The van der Waals surface area contributed by atoms with E-state index in [4.69, 9.17) is 4.42 Å². The summed E-state index contributed by atoms with van der Waals surface area (Å²) in [6.45, 7) is 1.79. The summed E-state index contributed by atoms with van der Waals surface area (Å²) in [6.07, 6.45) is 3.27. The first kappa shape index (κ1) is 10.8. The van der Waals surface area contributed by atoms with Gasteiger partial charge in [-0.15, -0.1) is 0 Å². The maximum Gasteiger partial charge on any atom is 0.135 e. The summed E-state index contributed by atoms with van der Waals surface area (Å²) in [4.78, 5) is 0. The van der Waals surface area contributed by atoms with E-state index in [1.54, 1.807) is 0 Å². The van der Waals surface area contributed by atoms with E-state index in [9.17, 15) is 0 Å². The Balaban J connectivity index is 1.94. The van der Waals surface area contributed by atoms with Gasteiger partial charge in [-0.3, -0.25) is 0 Å². The molecule has 93 valence electrons. The van der Waals surface area contributed by atoms with Gasteiger partial charge in [0.1, 0.15) is 11.2 Å². The average molecular weight is 248 g/mol. The molecule has 0 fully saturated rings. The highest BCUT2D eigenvalue weighted by Gasteiger charge is 2.10. The van der Waals surface area contributed by atoms with Gasteiger partial charge >= 0.3 is 0 Å². The van der Waals surface area contributed by atoms with Crippen LogP contribution >= 0.6 is 0 Å². The van der Waals surface area contributed by atoms with Gasteiger partial charge in [-0.2, -0.15) is 0 Å². The van der Waals surface area contributed by atoms with Crippen LogP contribution in [0, 0.1) is 0 Å². The van der Waals surface area contributed by atoms with E-state index >= 15 is 0 Å². The summed E-state index contributed by atoms with van der Waals surface area (Å²) in [5.74, 6) is 0. The fourth-order valence-corrected chi connectivity index (χ4v) is 2.76. The van der Waals surface area contributed by atoms with Crippen molar-refractivity contribution in [2.45, 2.75) is 6.42 Å². The van der Waals surface area contributed by atoms with Gasteiger partial charge in [-0.1, -0.05) is 30.3 Å². The molecule has 0 spiro atoms. The van der Waals surface area contributed by atoms with E-state index in [1.165, 1.54) is 21.9 Å². The third kappa shape index (κ3) is 1.76. The highest BCUT2D eigenvalue weighted by atomic mass is 16.3. The van der Waals surface area contributed by atoms with E-state index in [2.05, 4.69) is 41.7 Å². The number of rotatable bonds is 1. The van der Waals surface area contributed by atoms with Crippen molar-refractivity contribution in [1.82, 2.24) is 5.32 Å². The minimum atomic E-state index is 0.847. The monoisotopic (exact) mass is 248 g/mol. The minimum absolute atomic E-state index is 0.847. The number of benzene rings is 2. The van der Waals surface area contributed by atoms with Gasteiger partial charge in [-0.05, 0) is 35.8 Å². The van der Waals surface area contributed by atoms with Crippen molar-refractivity contribution < 1.29 is 4.42 Å². The van der Waals surface area contributed by atoms with Gasteiger partial charge in [-0.25, -0.2) is 5.32 Å². The molecular weight excluding hydrogens is 234 g/mol. The van der Waals surface area contributed by atoms with Gasteiger partial charge in [0.2, 0.25) is 0 Å². The molecule has 3 aromatic rings. The number of nitrogens with zero attached hydrogens (tertiary/aromatic N) is 1. The van der Waals surface area contributed by atoms with Crippen LogP contribution in [0.3, 0.4) is 0 Å². The quantitative estimate of drug-likeness (QED) is 0.640. The zero-order chi connectivity index (χ0) is 12.7. The normalized spacial score (nSPS) is 15.9. The van der Waals surface area contributed by atoms with Crippen molar-refractivity contribution in [2.24, 2.45) is 0 Å². The molecule has 1 aromatic heterocycles. The van der Waals surface area contributed by atoms with Crippen molar-refractivity contribution in [2.75, 3.05) is 13.1 Å². The zero-order valence-electron chi connectivity index (χ0n) is 10.6. The Morgan fingerprint density at radius 2 is 1.84 bits per heavy atom. The molecule has 1 aliphatic rings. The summed E-state index contributed by atoms with van der Waals surface area (Å²) in [6, 6.07) is 14.7. The van der Waals surface area contributed by atoms with Crippen LogP contribution in [0.1, 0.15) is 12.0 Å². The van der Waals surface area contributed by atoms with Crippen molar-refractivity contribution in [3.63, 3.8) is 0 Å². The lowest BCUT2D eigenvalue weighted by molar-refractivity contribution is 0.669. The summed E-state index contributed by atoms with van der Waals surface area (Å²) in [5.41, 5.74) is 4.63. The zero-order valence-corrected chi connectivity index (χ0v) is 10.6. The molecule has 0 amide bonds. The van der Waals surface area contributed by atoms with Gasteiger partial charge < -0.3 is 4.42 Å². The molecule has 1 aliphatic heterocycles. The molecule has 4 rings (SSSR count). The molecule has 0 saturated heterocycles. The summed E-state index contributed by atoms with van der Waals surface area (Å²) < 4.78 is 5.86. The fraction of sp³-hybridized carbons (Fsp3) is 0.176. The molecule has 0 bridgehead atoms. The van der Waals surface area contributed by atoms with E-state index in [0.29, 0.717) is 0 Å². The van der Waals surface area contributed by atoms with Crippen LogP contribution in [0.15, 0.2) is 53.0 Å². The Hall–Kier alpha value is -2.06. The predicted octanol–water partition coefficient (Wildman–Crippen LogP) is 3.98. The Labute approximate surface area is 111 Å². The molecule has 2 heterocycles. The highest BCUT2D eigenvalue weighted by molar-refractivity contribution is 6.05. The first-order valence-corrected chi connectivity index (χ1v) is 6.66. The van der Waals surface area contributed by atoms with Crippen LogP contribution < -0.4 is 5.32 Å². The molecule has 0 unspecified atom stereocenters. The lowest BCUT2D eigenvalue weighted by Crippen LogP contribution is -2.12. The maximum absolute atomic E-state index is 5.86. The number of furan rings is 1. The number of hydrogen-bond acceptors (Lipinski definition) is 1. The van der Waals surface area contributed by atoms with E-state index < -0.39 is 0 Å². The Morgan fingerprint density at radius 1 is 0.947 bits per heavy atom. The van der Waals surface area contributed by atoms with Crippen molar-refractivity contribution in [1.29, 1.82) is 0 Å². The Bertz CT molecular complexity index is 782. The third-order valence-electron chi connectivity index (χ3n) is 3.75. The SMILES string of the molecule is C1=C(c2ccc3oc4ccccc4c3c2)CC[N]C1.